The summed E-state index contributed by atoms with van der Waals surface area (Å²) in [4.78, 5) is 53.0. The predicted octanol–water partition coefficient (Wildman–Crippen LogP) is 3.06. The average molecular weight is 596 g/mol. The third-order valence-corrected chi connectivity index (χ3v) is 11.1. The lowest BCUT2D eigenvalue weighted by Crippen LogP contribution is -2.70. The highest BCUT2D eigenvalue weighted by Gasteiger charge is 2.68. The number of carbonyl (C=O) groups excluding carboxylic acids is 4. The van der Waals surface area contributed by atoms with Crippen molar-refractivity contribution in [3.63, 3.8) is 0 Å². The van der Waals surface area contributed by atoms with Gasteiger partial charge < -0.3 is 30.9 Å². The molecule has 4 unspecified atom stereocenters. The molecule has 6 rings (SSSR count). The maximum atomic E-state index is 14.0. The molecule has 0 radical (unpaired) electrons. The first-order valence-electron chi connectivity index (χ1n) is 15.7. The monoisotopic (exact) mass is 595 g/mol. The molecule has 0 aromatic heterocycles. The van der Waals surface area contributed by atoms with Gasteiger partial charge in [-0.3, -0.25) is 19.2 Å². The molecule has 0 spiro atoms. The Labute approximate surface area is 250 Å². The number of benzene rings is 1. The van der Waals surface area contributed by atoms with Crippen LogP contribution in [0, 0.1) is 35.5 Å². The molecule has 0 heterocycles. The van der Waals surface area contributed by atoms with Gasteiger partial charge in [0.1, 0.15) is 23.5 Å². The maximum Gasteiger partial charge on any atom is 0.306 e. The van der Waals surface area contributed by atoms with Crippen molar-refractivity contribution < 1.29 is 44.3 Å². The minimum atomic E-state index is -2.87. The first kappa shape index (κ1) is 29.8. The number of nitrogens with two attached hydrogens (primary N) is 1. The summed E-state index contributed by atoms with van der Waals surface area (Å²) in [6.45, 7) is 1.75. The van der Waals surface area contributed by atoms with Crippen LogP contribution in [0.15, 0.2) is 23.8 Å². The molecule has 1 amide bonds. The van der Waals surface area contributed by atoms with Crippen molar-refractivity contribution in [3.8, 4) is 5.75 Å². The number of phenolic OH excluding ortho intramolecular Hbond substituents is 1. The molecule has 10 heteroatoms. The first-order chi connectivity index (χ1) is 20.4. The highest BCUT2D eigenvalue weighted by atomic mass is 16.5. The fourth-order valence-corrected chi connectivity index (χ4v) is 9.23. The van der Waals surface area contributed by atoms with Gasteiger partial charge >= 0.3 is 5.97 Å². The number of aliphatic hydroxyl groups excluding tert-OH is 2. The smallest absolute Gasteiger partial charge is 0.306 e. The summed E-state index contributed by atoms with van der Waals surface area (Å²) >= 11 is 0. The standard InChI is InChI=1S/C33H41NO9/c1-15-19-8-4-9-21(35)25(19)28(38)27-24(15)29(20-14-22(36)26(32(34)41)30(39)33(20,42)31(27)40)43-23(37)10-3-7-18-12-16-5-2-6-17(11-16)13-18/h4,8-9,15-18,20,22,24,26,29,35-36,38,42H,2-3,5-7,10-14H2,1H3,(H2,34,41)/t15-,16?,17?,18?,20+,22?,24+,26?,29+,33+/m0/s1. The molecule has 232 valence electrons. The van der Waals surface area contributed by atoms with Gasteiger partial charge in [-0.15, -0.1) is 0 Å². The van der Waals surface area contributed by atoms with Gasteiger partial charge in [-0.1, -0.05) is 38.3 Å². The first-order valence-corrected chi connectivity index (χ1v) is 15.7. The molecule has 4 saturated carbocycles. The number of carbonyl (C=O) groups is 4. The Morgan fingerprint density at radius 1 is 1.07 bits per heavy atom. The van der Waals surface area contributed by atoms with E-state index in [1.54, 1.807) is 19.1 Å². The van der Waals surface area contributed by atoms with Crippen LogP contribution in [0.3, 0.4) is 0 Å². The maximum absolute atomic E-state index is 14.0. The second kappa shape index (κ2) is 11.0. The van der Waals surface area contributed by atoms with E-state index in [-0.39, 0.29) is 23.3 Å². The van der Waals surface area contributed by atoms with Crippen molar-refractivity contribution >= 4 is 29.2 Å². The molecule has 6 N–H and O–H groups in total. The Balaban J connectivity index is 1.31. The number of esters is 1. The van der Waals surface area contributed by atoms with E-state index in [1.807, 2.05) is 0 Å². The number of amides is 1. The van der Waals surface area contributed by atoms with E-state index >= 15 is 0 Å². The van der Waals surface area contributed by atoms with Crippen molar-refractivity contribution in [3.05, 3.63) is 34.9 Å². The van der Waals surface area contributed by atoms with Crippen molar-refractivity contribution in [1.82, 2.24) is 0 Å². The summed E-state index contributed by atoms with van der Waals surface area (Å²) < 4.78 is 6.03. The largest absolute Gasteiger partial charge is 0.507 e. The van der Waals surface area contributed by atoms with Crippen LogP contribution in [-0.2, 0) is 23.9 Å². The van der Waals surface area contributed by atoms with Crippen LogP contribution in [0.1, 0.15) is 88.2 Å². The molecule has 2 bridgehead atoms. The summed E-state index contributed by atoms with van der Waals surface area (Å²) in [5.41, 5.74) is 2.66. The number of Topliss-reactive ketones (excluding diaryl/α,β-unsaturated/α-hetero) is 2. The van der Waals surface area contributed by atoms with Gasteiger partial charge in [0.15, 0.2) is 11.4 Å². The van der Waals surface area contributed by atoms with Crippen LogP contribution in [0.4, 0.5) is 0 Å². The van der Waals surface area contributed by atoms with Crippen LogP contribution in [0.2, 0.25) is 0 Å². The lowest BCUT2D eigenvalue weighted by Gasteiger charge is -2.53. The van der Waals surface area contributed by atoms with Crippen LogP contribution in [0.5, 0.6) is 5.75 Å². The number of hydrogen-bond acceptors (Lipinski definition) is 9. The SMILES string of the molecule is C[C@H]1c2cccc(O)c2C(O)=C2C(=O)[C@]3(O)C(=O)C(C(N)=O)C(O)C[C@@H]3[C@@H](OC(=O)CCCC3CC4CCCC(C3)C4)[C@@H]21. The average Bonchev–Trinajstić information content (AvgIpc) is 2.94. The summed E-state index contributed by atoms with van der Waals surface area (Å²) in [5, 5.41) is 44.5. The molecule has 0 saturated heterocycles. The van der Waals surface area contributed by atoms with E-state index in [1.165, 1.54) is 44.6 Å². The van der Waals surface area contributed by atoms with Gasteiger partial charge in [0.25, 0.3) is 0 Å². The molecule has 10 nitrogen and oxygen atoms in total. The summed E-state index contributed by atoms with van der Waals surface area (Å²) in [7, 11) is 0. The highest BCUT2D eigenvalue weighted by molar-refractivity contribution is 6.25. The van der Waals surface area contributed by atoms with Gasteiger partial charge in [0.2, 0.25) is 11.7 Å². The van der Waals surface area contributed by atoms with E-state index < -0.39 is 77.1 Å². The minimum absolute atomic E-state index is 0.00582. The number of ether oxygens (including phenoxy) is 1. The Hall–Kier alpha value is -3.24. The molecule has 43 heavy (non-hydrogen) atoms. The zero-order chi connectivity index (χ0) is 30.8. The Morgan fingerprint density at radius 2 is 1.77 bits per heavy atom. The number of ketones is 2. The zero-order valence-electron chi connectivity index (χ0n) is 24.4. The van der Waals surface area contributed by atoms with E-state index in [0.29, 0.717) is 17.9 Å². The van der Waals surface area contributed by atoms with Crippen LogP contribution in [0.25, 0.3) is 5.76 Å². The van der Waals surface area contributed by atoms with Gasteiger partial charge in [0.05, 0.1) is 11.7 Å². The van der Waals surface area contributed by atoms with E-state index in [0.717, 1.165) is 18.3 Å². The number of phenols is 1. The lowest BCUT2D eigenvalue weighted by molar-refractivity contribution is -0.195. The number of aromatic hydroxyl groups is 1. The fraction of sp³-hybridized carbons (Fsp3) is 0.636. The quantitative estimate of drug-likeness (QED) is 0.244. The van der Waals surface area contributed by atoms with Crippen LogP contribution < -0.4 is 5.73 Å². The number of rotatable bonds is 6. The van der Waals surface area contributed by atoms with E-state index in [9.17, 15) is 39.6 Å². The van der Waals surface area contributed by atoms with Crippen molar-refractivity contribution in [2.45, 2.75) is 94.9 Å². The molecule has 9 atom stereocenters. The van der Waals surface area contributed by atoms with Crippen LogP contribution >= 0.6 is 0 Å². The molecule has 1 aromatic rings. The minimum Gasteiger partial charge on any atom is -0.507 e. The highest BCUT2D eigenvalue weighted by Crippen LogP contribution is 2.56. The summed E-state index contributed by atoms with van der Waals surface area (Å²) in [5.74, 6) is -7.76. The molecule has 5 aliphatic carbocycles. The molecule has 1 aromatic carbocycles. The topological polar surface area (TPSA) is 184 Å². The van der Waals surface area contributed by atoms with E-state index in [4.69, 9.17) is 10.5 Å². The van der Waals surface area contributed by atoms with Gasteiger partial charge in [-0.2, -0.15) is 0 Å². The lowest BCUT2D eigenvalue weighted by atomic mass is 9.53. The fourth-order valence-electron chi connectivity index (χ4n) is 9.23. The third-order valence-electron chi connectivity index (χ3n) is 11.1. The molecule has 4 fully saturated rings. The number of aliphatic hydroxyl groups is 3. The van der Waals surface area contributed by atoms with Gasteiger partial charge in [0, 0.05) is 23.8 Å². The van der Waals surface area contributed by atoms with Gasteiger partial charge in [-0.25, -0.2) is 0 Å². The summed E-state index contributed by atoms with van der Waals surface area (Å²) in [6.07, 6.45) is 5.90. The zero-order valence-corrected chi connectivity index (χ0v) is 24.4. The van der Waals surface area contributed by atoms with Crippen molar-refractivity contribution in [1.29, 1.82) is 0 Å². The Kier molecular flexibility index (Phi) is 7.65. The number of primary amides is 1. The third kappa shape index (κ3) is 4.77. The van der Waals surface area contributed by atoms with E-state index in [2.05, 4.69) is 0 Å². The molecule has 5 aliphatic rings. The number of fused-ring (bicyclic) bond motifs is 5. The Morgan fingerprint density at radius 3 is 2.44 bits per heavy atom. The van der Waals surface area contributed by atoms with Crippen molar-refractivity contribution in [2.24, 2.45) is 41.2 Å². The molecular formula is C33H41NO9. The van der Waals surface area contributed by atoms with Crippen LogP contribution in [-0.4, -0.2) is 61.7 Å². The van der Waals surface area contributed by atoms with Gasteiger partial charge in [-0.05, 0) is 73.8 Å². The second-order valence-corrected chi connectivity index (χ2v) is 13.7. The normalized spacial score (nSPS) is 38.5. The molecular weight excluding hydrogens is 554 g/mol. The second-order valence-electron chi connectivity index (χ2n) is 13.7. The number of hydrogen-bond donors (Lipinski definition) is 5. The van der Waals surface area contributed by atoms with Crippen molar-refractivity contribution in [2.75, 3.05) is 0 Å². The predicted molar refractivity (Wildman–Crippen MR) is 153 cm³/mol. The Bertz CT molecular complexity index is 1370. The summed E-state index contributed by atoms with van der Waals surface area (Å²) in [6, 6.07) is 4.62. The molecule has 0 aliphatic heterocycles.